The van der Waals surface area contributed by atoms with Crippen LogP contribution in [0.3, 0.4) is 0 Å². The molecule has 0 saturated heterocycles. The lowest BCUT2D eigenvalue weighted by molar-refractivity contribution is -0.140. The minimum Gasteiger partial charge on any atom is -0.507 e. The first-order valence-electron chi connectivity index (χ1n) is 4.89. The van der Waals surface area contributed by atoms with Crippen LogP contribution in [0.4, 0.5) is 13.2 Å². The molecule has 2 N–H and O–H groups in total. The van der Waals surface area contributed by atoms with Crippen molar-refractivity contribution in [3.63, 3.8) is 0 Å². The molecule has 0 bridgehead atoms. The highest BCUT2D eigenvalue weighted by atomic mass is 19.4. The molecule has 0 aliphatic carbocycles. The maximum atomic E-state index is 12.6. The minimum atomic E-state index is -4.79. The Kier molecular flexibility index (Phi) is 3.73. The zero-order valence-electron chi connectivity index (χ0n) is 9.58. The van der Waals surface area contributed by atoms with Crippen LogP contribution in [-0.2, 0) is 11.0 Å². The van der Waals surface area contributed by atoms with Crippen molar-refractivity contribution in [3.05, 3.63) is 23.3 Å². The molecular formula is C11H11F3O4. The van der Waals surface area contributed by atoms with Crippen LogP contribution in [0, 0.1) is 0 Å². The number of phenols is 1. The van der Waals surface area contributed by atoms with Crippen molar-refractivity contribution < 1.29 is 32.9 Å². The fraction of sp³-hybridized carbons (Fsp3) is 0.364. The molecular weight excluding hydrogens is 253 g/mol. The number of aromatic hydroxyl groups is 1. The second-order valence-electron chi connectivity index (χ2n) is 3.67. The van der Waals surface area contributed by atoms with Gasteiger partial charge in [-0.2, -0.15) is 13.2 Å². The quantitative estimate of drug-likeness (QED) is 0.880. The van der Waals surface area contributed by atoms with E-state index in [9.17, 15) is 23.1 Å². The molecule has 100 valence electrons. The Balaban J connectivity index is 3.48. The highest BCUT2D eigenvalue weighted by molar-refractivity contribution is 5.77. The summed E-state index contributed by atoms with van der Waals surface area (Å²) in [5.41, 5.74) is -1.65. The lowest BCUT2D eigenvalue weighted by atomic mass is 9.97. The number of alkyl halides is 3. The summed E-state index contributed by atoms with van der Waals surface area (Å²) in [6.45, 7) is 1.18. The van der Waals surface area contributed by atoms with Gasteiger partial charge in [0.05, 0.1) is 13.0 Å². The van der Waals surface area contributed by atoms with Crippen LogP contribution in [0.2, 0.25) is 0 Å². The number of hydrogen-bond acceptors (Lipinski definition) is 3. The van der Waals surface area contributed by atoms with Gasteiger partial charge in [-0.05, 0) is 19.1 Å². The molecule has 0 fully saturated rings. The molecule has 1 aromatic rings. The van der Waals surface area contributed by atoms with Crippen LogP contribution >= 0.6 is 0 Å². The summed E-state index contributed by atoms with van der Waals surface area (Å²) >= 11 is 0. The van der Waals surface area contributed by atoms with Gasteiger partial charge < -0.3 is 14.9 Å². The molecule has 4 nitrogen and oxygen atoms in total. The van der Waals surface area contributed by atoms with E-state index >= 15 is 0 Å². The number of rotatable bonds is 3. The molecule has 0 spiro atoms. The van der Waals surface area contributed by atoms with Crippen molar-refractivity contribution in [3.8, 4) is 11.5 Å². The van der Waals surface area contributed by atoms with Gasteiger partial charge in [-0.25, -0.2) is 0 Å². The maximum Gasteiger partial charge on any atom is 0.420 e. The van der Waals surface area contributed by atoms with E-state index in [0.29, 0.717) is 6.07 Å². The molecule has 1 atom stereocenters. The fourth-order valence-electron chi connectivity index (χ4n) is 1.43. The van der Waals surface area contributed by atoms with Gasteiger partial charge >= 0.3 is 12.1 Å². The number of ether oxygens (including phenoxy) is 1. The van der Waals surface area contributed by atoms with Crippen molar-refractivity contribution in [1.29, 1.82) is 0 Å². The first-order chi connectivity index (χ1) is 8.18. The Bertz CT molecular complexity index is 468. The van der Waals surface area contributed by atoms with Crippen molar-refractivity contribution in [1.82, 2.24) is 0 Å². The number of carboxylic acid groups (broad SMARTS) is 1. The number of phenolic OH excluding ortho intramolecular Hbond substituents is 1. The molecule has 0 aliphatic rings. The summed E-state index contributed by atoms with van der Waals surface area (Å²) in [6, 6.07) is 1.69. The zero-order chi connectivity index (χ0) is 14.1. The third-order valence-corrected chi connectivity index (χ3v) is 2.49. The van der Waals surface area contributed by atoms with Gasteiger partial charge in [-0.3, -0.25) is 4.79 Å². The van der Waals surface area contributed by atoms with Crippen LogP contribution < -0.4 is 4.74 Å². The van der Waals surface area contributed by atoms with Gasteiger partial charge in [0.1, 0.15) is 17.1 Å². The maximum absolute atomic E-state index is 12.6. The van der Waals surface area contributed by atoms with E-state index in [2.05, 4.69) is 4.74 Å². The van der Waals surface area contributed by atoms with E-state index in [4.69, 9.17) is 5.11 Å². The molecule has 1 rings (SSSR count). The van der Waals surface area contributed by atoms with Gasteiger partial charge in [0, 0.05) is 5.56 Å². The van der Waals surface area contributed by atoms with Gasteiger partial charge in [0.2, 0.25) is 0 Å². The summed E-state index contributed by atoms with van der Waals surface area (Å²) in [7, 11) is 1.15. The van der Waals surface area contributed by atoms with Crippen LogP contribution in [0.1, 0.15) is 24.0 Å². The number of hydrogen-bond donors (Lipinski definition) is 2. The average molecular weight is 264 g/mol. The Morgan fingerprint density at radius 1 is 1.39 bits per heavy atom. The van der Waals surface area contributed by atoms with Crippen molar-refractivity contribution >= 4 is 5.97 Å². The van der Waals surface area contributed by atoms with Gasteiger partial charge in [0.25, 0.3) is 0 Å². The molecule has 7 heteroatoms. The number of benzene rings is 1. The first-order valence-corrected chi connectivity index (χ1v) is 4.89. The smallest absolute Gasteiger partial charge is 0.420 e. The topological polar surface area (TPSA) is 66.8 Å². The summed E-state index contributed by atoms with van der Waals surface area (Å²) in [4.78, 5) is 10.8. The van der Waals surface area contributed by atoms with E-state index < -0.39 is 29.4 Å². The lowest BCUT2D eigenvalue weighted by Gasteiger charge is -2.16. The van der Waals surface area contributed by atoms with Crippen LogP contribution in [0.5, 0.6) is 11.5 Å². The van der Waals surface area contributed by atoms with E-state index in [1.165, 1.54) is 6.92 Å². The molecule has 0 amide bonds. The highest BCUT2D eigenvalue weighted by Gasteiger charge is 2.37. The fourth-order valence-corrected chi connectivity index (χ4v) is 1.43. The van der Waals surface area contributed by atoms with Crippen molar-refractivity contribution in [2.75, 3.05) is 7.11 Å². The molecule has 0 aliphatic heterocycles. The standard InChI is InChI=1S/C11H11F3O4/c1-5(10(16)17)7-3-6(18-2)4-8(9(7)15)11(12,13)14/h3-5,15H,1-2H3,(H,16,17). The summed E-state index contributed by atoms with van der Waals surface area (Å²) in [5.74, 6) is -3.87. The molecule has 1 aromatic carbocycles. The monoisotopic (exact) mass is 264 g/mol. The van der Waals surface area contributed by atoms with Crippen molar-refractivity contribution in [2.45, 2.75) is 19.0 Å². The zero-order valence-corrected chi connectivity index (χ0v) is 9.58. The summed E-state index contributed by atoms with van der Waals surface area (Å²) in [5, 5.41) is 18.3. The third kappa shape index (κ3) is 2.66. The Hall–Kier alpha value is -1.92. The van der Waals surface area contributed by atoms with E-state index in [1.807, 2.05) is 0 Å². The number of halogens is 3. The number of methoxy groups -OCH3 is 1. The molecule has 18 heavy (non-hydrogen) atoms. The van der Waals surface area contributed by atoms with E-state index in [1.54, 1.807) is 0 Å². The van der Waals surface area contributed by atoms with E-state index in [-0.39, 0.29) is 11.3 Å². The Morgan fingerprint density at radius 3 is 2.33 bits per heavy atom. The highest BCUT2D eigenvalue weighted by Crippen LogP contribution is 2.42. The lowest BCUT2D eigenvalue weighted by Crippen LogP contribution is -2.12. The molecule has 0 heterocycles. The Labute approximate surface area is 101 Å². The Morgan fingerprint density at radius 2 is 1.94 bits per heavy atom. The van der Waals surface area contributed by atoms with Gasteiger partial charge in [0.15, 0.2) is 0 Å². The summed E-state index contributed by atoms with van der Waals surface area (Å²) in [6.07, 6.45) is -4.79. The van der Waals surface area contributed by atoms with Crippen LogP contribution in [0.25, 0.3) is 0 Å². The first kappa shape index (κ1) is 14.1. The van der Waals surface area contributed by atoms with Crippen LogP contribution in [-0.4, -0.2) is 23.3 Å². The number of carboxylic acids is 1. The number of aliphatic carboxylic acids is 1. The van der Waals surface area contributed by atoms with Gasteiger partial charge in [-0.15, -0.1) is 0 Å². The molecule has 1 unspecified atom stereocenters. The van der Waals surface area contributed by atoms with Crippen molar-refractivity contribution in [2.24, 2.45) is 0 Å². The molecule has 0 radical (unpaired) electrons. The second kappa shape index (κ2) is 4.75. The predicted octanol–water partition coefficient (Wildman–Crippen LogP) is 2.61. The van der Waals surface area contributed by atoms with Gasteiger partial charge in [-0.1, -0.05) is 0 Å². The molecule has 0 saturated carbocycles. The SMILES string of the molecule is COc1cc(C(C)C(=O)O)c(O)c(C(F)(F)F)c1. The predicted molar refractivity (Wildman–Crippen MR) is 55.7 cm³/mol. The number of carbonyl (C=O) groups is 1. The average Bonchev–Trinajstić information content (AvgIpc) is 2.26. The second-order valence-corrected chi connectivity index (χ2v) is 3.67. The van der Waals surface area contributed by atoms with E-state index in [0.717, 1.165) is 13.2 Å². The third-order valence-electron chi connectivity index (χ3n) is 2.49. The largest absolute Gasteiger partial charge is 0.507 e. The minimum absolute atomic E-state index is 0.164. The molecule has 0 aromatic heterocycles. The van der Waals surface area contributed by atoms with Crippen LogP contribution in [0.15, 0.2) is 12.1 Å². The summed E-state index contributed by atoms with van der Waals surface area (Å²) < 4.78 is 42.6. The normalized spacial score (nSPS) is 13.2.